The van der Waals surface area contributed by atoms with Gasteiger partial charge in [-0.2, -0.15) is 0 Å². The van der Waals surface area contributed by atoms with E-state index in [0.29, 0.717) is 6.10 Å². The number of nitrogens with one attached hydrogen (secondary N) is 1. The van der Waals surface area contributed by atoms with Crippen molar-refractivity contribution in [1.29, 1.82) is 0 Å². The maximum Gasteiger partial charge on any atom is 0.0947 e. The quantitative estimate of drug-likeness (QED) is 0.772. The van der Waals surface area contributed by atoms with Crippen LogP contribution in [0.4, 0.5) is 0 Å². The Kier molecular flexibility index (Phi) is 5.08. The van der Waals surface area contributed by atoms with E-state index in [1.165, 1.54) is 31.2 Å². The highest BCUT2D eigenvalue weighted by Crippen LogP contribution is 2.25. The Hall–Kier alpha value is -0.800. The molecule has 0 bridgehead atoms. The summed E-state index contributed by atoms with van der Waals surface area (Å²) < 4.78 is 10.9. The molecule has 0 amide bonds. The van der Waals surface area contributed by atoms with Crippen LogP contribution in [-0.2, 0) is 11.3 Å². The van der Waals surface area contributed by atoms with Crippen LogP contribution in [0.25, 0.3) is 0 Å². The molecule has 1 aliphatic rings. The number of ether oxygens (including phenoxy) is 1. The van der Waals surface area contributed by atoms with Crippen LogP contribution in [0.2, 0.25) is 0 Å². The fourth-order valence-electron chi connectivity index (χ4n) is 2.44. The Morgan fingerprint density at radius 1 is 1.41 bits per heavy atom. The summed E-state index contributed by atoms with van der Waals surface area (Å²) in [5.74, 6) is 0.734. The molecule has 1 fully saturated rings. The van der Waals surface area contributed by atoms with Crippen LogP contribution < -0.4 is 5.32 Å². The van der Waals surface area contributed by atoms with Gasteiger partial charge in [-0.05, 0) is 24.8 Å². The molecular weight excluding hydrogens is 214 g/mol. The Morgan fingerprint density at radius 2 is 2.29 bits per heavy atom. The fraction of sp³-hybridized carbons (Fsp3) is 0.714. The van der Waals surface area contributed by atoms with Gasteiger partial charge in [-0.15, -0.1) is 0 Å². The molecule has 17 heavy (non-hydrogen) atoms. The lowest BCUT2D eigenvalue weighted by Gasteiger charge is -2.28. The van der Waals surface area contributed by atoms with Crippen LogP contribution in [-0.4, -0.2) is 19.3 Å². The summed E-state index contributed by atoms with van der Waals surface area (Å²) in [6.45, 7) is 4.89. The molecule has 0 radical (unpaired) electrons. The van der Waals surface area contributed by atoms with Gasteiger partial charge in [0.15, 0.2) is 0 Å². The average molecular weight is 237 g/mol. The highest BCUT2D eigenvalue weighted by molar-refractivity contribution is 5.04. The molecule has 1 aliphatic carbocycles. The Labute approximate surface area is 104 Å². The van der Waals surface area contributed by atoms with Gasteiger partial charge in [0.2, 0.25) is 0 Å². The van der Waals surface area contributed by atoms with Crippen molar-refractivity contribution in [2.75, 3.05) is 13.2 Å². The van der Waals surface area contributed by atoms with E-state index in [2.05, 4.69) is 12.2 Å². The molecule has 3 heteroatoms. The van der Waals surface area contributed by atoms with Crippen LogP contribution in [0.5, 0.6) is 0 Å². The monoisotopic (exact) mass is 237 g/mol. The number of hydrogen-bond acceptors (Lipinski definition) is 3. The number of rotatable bonds is 6. The van der Waals surface area contributed by atoms with Crippen LogP contribution in [0, 0.1) is 5.92 Å². The molecule has 1 aromatic rings. The van der Waals surface area contributed by atoms with Gasteiger partial charge < -0.3 is 14.5 Å². The van der Waals surface area contributed by atoms with Crippen molar-refractivity contribution in [3.05, 3.63) is 24.2 Å². The van der Waals surface area contributed by atoms with Gasteiger partial charge in [0.1, 0.15) is 0 Å². The lowest BCUT2D eigenvalue weighted by Crippen LogP contribution is -2.29. The average Bonchev–Trinajstić information content (AvgIpc) is 2.84. The minimum Gasteiger partial charge on any atom is -0.472 e. The van der Waals surface area contributed by atoms with Gasteiger partial charge in [0.25, 0.3) is 0 Å². The van der Waals surface area contributed by atoms with Gasteiger partial charge in [0, 0.05) is 18.7 Å². The van der Waals surface area contributed by atoms with E-state index in [9.17, 15) is 0 Å². The Bertz CT molecular complexity index is 297. The lowest BCUT2D eigenvalue weighted by molar-refractivity contribution is -0.00322. The minimum absolute atomic E-state index is 0.486. The molecule has 1 heterocycles. The van der Waals surface area contributed by atoms with Crippen molar-refractivity contribution < 1.29 is 9.15 Å². The first-order valence-corrected chi connectivity index (χ1v) is 6.69. The molecule has 2 atom stereocenters. The van der Waals surface area contributed by atoms with E-state index in [1.54, 1.807) is 12.5 Å². The third-order valence-corrected chi connectivity index (χ3v) is 3.55. The highest BCUT2D eigenvalue weighted by atomic mass is 16.5. The summed E-state index contributed by atoms with van der Waals surface area (Å²) >= 11 is 0. The molecule has 2 rings (SSSR count). The highest BCUT2D eigenvalue weighted by Gasteiger charge is 2.21. The summed E-state index contributed by atoms with van der Waals surface area (Å²) in [7, 11) is 0. The summed E-state index contributed by atoms with van der Waals surface area (Å²) in [5.41, 5.74) is 1.19. The zero-order valence-corrected chi connectivity index (χ0v) is 10.7. The van der Waals surface area contributed by atoms with E-state index in [-0.39, 0.29) is 0 Å². The molecule has 3 nitrogen and oxygen atoms in total. The molecule has 0 saturated heterocycles. The van der Waals surface area contributed by atoms with Gasteiger partial charge in [-0.25, -0.2) is 0 Å². The van der Waals surface area contributed by atoms with Gasteiger partial charge in [-0.3, -0.25) is 0 Å². The van der Waals surface area contributed by atoms with Crippen molar-refractivity contribution in [3.63, 3.8) is 0 Å². The van der Waals surface area contributed by atoms with Crippen LogP contribution in [0.3, 0.4) is 0 Å². The number of hydrogen-bond donors (Lipinski definition) is 1. The molecule has 0 aliphatic heterocycles. The second-order valence-electron chi connectivity index (χ2n) is 4.98. The zero-order chi connectivity index (χ0) is 11.9. The van der Waals surface area contributed by atoms with Crippen molar-refractivity contribution in [2.24, 2.45) is 5.92 Å². The maximum absolute atomic E-state index is 5.93. The molecule has 1 N–H and O–H groups in total. The second kappa shape index (κ2) is 6.82. The van der Waals surface area contributed by atoms with Crippen molar-refractivity contribution in [2.45, 2.75) is 45.3 Å². The first kappa shape index (κ1) is 12.7. The van der Waals surface area contributed by atoms with E-state index in [1.807, 2.05) is 6.07 Å². The van der Waals surface area contributed by atoms with Crippen LogP contribution in [0.15, 0.2) is 23.0 Å². The second-order valence-corrected chi connectivity index (χ2v) is 4.98. The van der Waals surface area contributed by atoms with E-state index in [4.69, 9.17) is 9.15 Å². The summed E-state index contributed by atoms with van der Waals surface area (Å²) in [4.78, 5) is 0. The molecule has 96 valence electrons. The first-order valence-electron chi connectivity index (χ1n) is 6.69. The predicted octanol–water partition coefficient (Wildman–Crippen LogP) is 2.96. The van der Waals surface area contributed by atoms with E-state index >= 15 is 0 Å². The topological polar surface area (TPSA) is 34.4 Å². The molecular formula is C14H23NO2. The molecule has 0 spiro atoms. The van der Waals surface area contributed by atoms with Gasteiger partial charge in [-0.1, -0.05) is 19.8 Å². The third kappa shape index (κ3) is 4.17. The van der Waals surface area contributed by atoms with E-state index in [0.717, 1.165) is 25.6 Å². The van der Waals surface area contributed by atoms with Crippen molar-refractivity contribution >= 4 is 0 Å². The van der Waals surface area contributed by atoms with Crippen molar-refractivity contribution in [1.82, 2.24) is 5.32 Å². The summed E-state index contributed by atoms with van der Waals surface area (Å²) in [6, 6.07) is 1.98. The standard InChI is InChI=1S/C14H23NO2/c1-12-4-2-3-5-14(12)17-9-7-15-10-13-6-8-16-11-13/h6,8,11-12,14-15H,2-5,7,9-10H2,1H3. The van der Waals surface area contributed by atoms with E-state index < -0.39 is 0 Å². The van der Waals surface area contributed by atoms with Crippen LogP contribution >= 0.6 is 0 Å². The maximum atomic E-state index is 5.93. The number of furan rings is 1. The molecule has 1 saturated carbocycles. The predicted molar refractivity (Wildman–Crippen MR) is 67.8 cm³/mol. The van der Waals surface area contributed by atoms with Crippen LogP contribution in [0.1, 0.15) is 38.2 Å². The zero-order valence-electron chi connectivity index (χ0n) is 10.7. The largest absolute Gasteiger partial charge is 0.472 e. The minimum atomic E-state index is 0.486. The molecule has 1 aromatic heterocycles. The van der Waals surface area contributed by atoms with Crippen molar-refractivity contribution in [3.8, 4) is 0 Å². The van der Waals surface area contributed by atoms with Gasteiger partial charge in [0.05, 0.1) is 25.2 Å². The Balaban J connectivity index is 1.53. The first-order chi connectivity index (χ1) is 8.36. The Morgan fingerprint density at radius 3 is 3.06 bits per heavy atom. The SMILES string of the molecule is CC1CCCCC1OCCNCc1ccoc1. The molecule has 2 unspecified atom stereocenters. The summed E-state index contributed by atoms with van der Waals surface area (Å²) in [5, 5.41) is 3.36. The summed E-state index contributed by atoms with van der Waals surface area (Å²) in [6.07, 6.45) is 9.24. The fourth-order valence-corrected chi connectivity index (χ4v) is 2.44. The smallest absolute Gasteiger partial charge is 0.0947 e. The lowest BCUT2D eigenvalue weighted by atomic mass is 9.88. The third-order valence-electron chi connectivity index (χ3n) is 3.55. The van der Waals surface area contributed by atoms with Gasteiger partial charge >= 0.3 is 0 Å². The molecule has 0 aromatic carbocycles. The normalized spacial score (nSPS) is 25.0.